The van der Waals surface area contributed by atoms with Crippen molar-refractivity contribution in [3.05, 3.63) is 29.8 Å². The van der Waals surface area contributed by atoms with Gasteiger partial charge in [-0.1, -0.05) is 24.6 Å². The van der Waals surface area contributed by atoms with E-state index in [-0.39, 0.29) is 5.91 Å². The number of aliphatic carboxylic acids is 2. The van der Waals surface area contributed by atoms with Crippen molar-refractivity contribution in [2.75, 3.05) is 39.8 Å². The highest BCUT2D eigenvalue weighted by Gasteiger charge is 2.26. The van der Waals surface area contributed by atoms with Gasteiger partial charge in [-0.2, -0.15) is 0 Å². The largest absolute Gasteiger partial charge is 0.496 e. The molecule has 0 saturated carbocycles. The summed E-state index contributed by atoms with van der Waals surface area (Å²) in [4.78, 5) is 35.4. The van der Waals surface area contributed by atoms with Crippen LogP contribution in [0.1, 0.15) is 37.7 Å². The summed E-state index contributed by atoms with van der Waals surface area (Å²) in [6.07, 6.45) is 6.48. The third kappa shape index (κ3) is 8.55. The third-order valence-corrected chi connectivity index (χ3v) is 5.68. The highest BCUT2D eigenvalue weighted by Crippen LogP contribution is 2.21. The maximum absolute atomic E-state index is 12.3. The number of nitrogens with one attached hydrogen (secondary N) is 1. The van der Waals surface area contributed by atoms with Crippen LogP contribution in [0.25, 0.3) is 0 Å². The van der Waals surface area contributed by atoms with Gasteiger partial charge in [0, 0.05) is 31.2 Å². The van der Waals surface area contributed by atoms with E-state index in [1.54, 1.807) is 7.11 Å². The van der Waals surface area contributed by atoms with Crippen molar-refractivity contribution in [2.45, 2.75) is 44.7 Å². The fraction of sp³-hybridized carbons (Fsp3) is 0.591. The topological polar surface area (TPSA) is 119 Å². The van der Waals surface area contributed by atoms with Crippen LogP contribution in [0.3, 0.4) is 0 Å². The monoisotopic (exact) mass is 435 g/mol. The molecule has 2 fully saturated rings. The van der Waals surface area contributed by atoms with Crippen LogP contribution in [-0.4, -0.2) is 83.7 Å². The molecule has 0 aromatic heterocycles. The van der Waals surface area contributed by atoms with E-state index in [0.29, 0.717) is 13.1 Å². The maximum atomic E-state index is 12.3. The molecule has 3 N–H and O–H groups in total. The van der Waals surface area contributed by atoms with Gasteiger partial charge in [-0.05, 0) is 44.8 Å². The van der Waals surface area contributed by atoms with Gasteiger partial charge in [0.25, 0.3) is 0 Å². The molecule has 2 saturated heterocycles. The van der Waals surface area contributed by atoms with Crippen LogP contribution >= 0.6 is 0 Å². The van der Waals surface area contributed by atoms with Crippen molar-refractivity contribution in [1.29, 1.82) is 0 Å². The smallest absolute Gasteiger partial charge is 0.414 e. The summed E-state index contributed by atoms with van der Waals surface area (Å²) in [5.41, 5.74) is 1.02. The first-order valence-corrected chi connectivity index (χ1v) is 10.7. The Morgan fingerprint density at radius 1 is 1.00 bits per heavy atom. The zero-order valence-electron chi connectivity index (χ0n) is 18.1. The number of carboxylic acid groups (broad SMARTS) is 2. The molecule has 9 nitrogen and oxygen atoms in total. The molecule has 9 heteroatoms. The number of carboxylic acids is 2. The Kier molecular flexibility index (Phi) is 10.3. The van der Waals surface area contributed by atoms with Gasteiger partial charge < -0.3 is 25.2 Å². The molecule has 1 aromatic rings. The summed E-state index contributed by atoms with van der Waals surface area (Å²) >= 11 is 0. The summed E-state index contributed by atoms with van der Waals surface area (Å²) in [6, 6.07) is 8.55. The van der Waals surface area contributed by atoms with E-state index in [9.17, 15) is 4.79 Å². The molecular weight excluding hydrogens is 402 g/mol. The average molecular weight is 436 g/mol. The molecule has 1 amide bonds. The second-order valence-corrected chi connectivity index (χ2v) is 7.80. The van der Waals surface area contributed by atoms with Crippen molar-refractivity contribution < 1.29 is 29.3 Å². The molecule has 2 aliphatic rings. The summed E-state index contributed by atoms with van der Waals surface area (Å²) in [7, 11) is 1.66. The number of amides is 1. The molecule has 0 atom stereocenters. The highest BCUT2D eigenvalue weighted by atomic mass is 16.5. The molecule has 31 heavy (non-hydrogen) atoms. The lowest BCUT2D eigenvalue weighted by Gasteiger charge is -2.40. The molecule has 2 heterocycles. The van der Waals surface area contributed by atoms with E-state index in [2.05, 4.69) is 15.1 Å². The summed E-state index contributed by atoms with van der Waals surface area (Å²) in [6.45, 7) is 5.62. The van der Waals surface area contributed by atoms with Gasteiger partial charge in [-0.15, -0.1) is 0 Å². The first-order valence-electron chi connectivity index (χ1n) is 10.7. The van der Waals surface area contributed by atoms with Crippen LogP contribution in [0, 0.1) is 0 Å². The Morgan fingerprint density at radius 2 is 1.61 bits per heavy atom. The molecular formula is C22H33N3O6. The Labute approximate surface area is 183 Å². The zero-order valence-corrected chi connectivity index (χ0v) is 18.1. The normalized spacial score (nSPS) is 17.8. The van der Waals surface area contributed by atoms with Crippen LogP contribution in [-0.2, 0) is 20.9 Å². The molecule has 0 radical (unpaired) electrons. The van der Waals surface area contributed by atoms with Crippen LogP contribution in [0.15, 0.2) is 24.3 Å². The van der Waals surface area contributed by atoms with Crippen molar-refractivity contribution in [3.63, 3.8) is 0 Å². The van der Waals surface area contributed by atoms with E-state index in [1.165, 1.54) is 45.2 Å². The SMILES string of the molecule is COc1ccccc1CNC(=O)CN1CCC(N2CCCCC2)CC1.O=C(O)C(=O)O. The number of rotatable bonds is 6. The van der Waals surface area contributed by atoms with Crippen LogP contribution < -0.4 is 10.1 Å². The number of hydrogen-bond donors (Lipinski definition) is 3. The van der Waals surface area contributed by atoms with Crippen molar-refractivity contribution in [1.82, 2.24) is 15.1 Å². The van der Waals surface area contributed by atoms with Gasteiger partial charge in [0.05, 0.1) is 13.7 Å². The average Bonchev–Trinajstić information content (AvgIpc) is 2.79. The van der Waals surface area contributed by atoms with Gasteiger partial charge >= 0.3 is 11.9 Å². The quantitative estimate of drug-likeness (QED) is 0.574. The van der Waals surface area contributed by atoms with Crippen molar-refractivity contribution in [3.8, 4) is 5.75 Å². The number of carbonyl (C=O) groups excluding carboxylic acids is 1. The third-order valence-electron chi connectivity index (χ3n) is 5.68. The fourth-order valence-electron chi connectivity index (χ4n) is 4.03. The van der Waals surface area contributed by atoms with Crippen LogP contribution in [0.2, 0.25) is 0 Å². The molecule has 0 unspecified atom stereocenters. The number of likely N-dealkylation sites (tertiary alicyclic amines) is 2. The number of carbonyl (C=O) groups is 3. The molecule has 172 valence electrons. The van der Waals surface area contributed by atoms with Gasteiger partial charge in [0.1, 0.15) is 5.75 Å². The molecule has 3 rings (SSSR count). The number of para-hydroxylation sites is 1. The Hall–Kier alpha value is -2.65. The predicted octanol–water partition coefficient (Wildman–Crippen LogP) is 1.42. The van der Waals surface area contributed by atoms with E-state index >= 15 is 0 Å². The molecule has 0 spiro atoms. The minimum absolute atomic E-state index is 0.0994. The van der Waals surface area contributed by atoms with Crippen LogP contribution in [0.5, 0.6) is 5.75 Å². The first kappa shape index (κ1) is 24.6. The molecule has 0 aliphatic carbocycles. The van der Waals surface area contributed by atoms with Gasteiger partial charge in [0.2, 0.25) is 5.91 Å². The Bertz CT molecular complexity index is 716. The van der Waals surface area contributed by atoms with E-state index in [4.69, 9.17) is 24.5 Å². The zero-order chi connectivity index (χ0) is 22.6. The molecule has 1 aromatic carbocycles. The van der Waals surface area contributed by atoms with E-state index in [0.717, 1.165) is 30.4 Å². The number of methoxy groups -OCH3 is 1. The molecule has 0 bridgehead atoms. The summed E-state index contributed by atoms with van der Waals surface area (Å²) < 4.78 is 5.33. The summed E-state index contributed by atoms with van der Waals surface area (Å²) in [5, 5.41) is 17.8. The lowest BCUT2D eigenvalue weighted by atomic mass is 10.00. The highest BCUT2D eigenvalue weighted by molar-refractivity contribution is 6.27. The van der Waals surface area contributed by atoms with Gasteiger partial charge in [0.15, 0.2) is 0 Å². The van der Waals surface area contributed by atoms with E-state index in [1.807, 2.05) is 24.3 Å². The number of hydrogen-bond acceptors (Lipinski definition) is 6. The predicted molar refractivity (Wildman–Crippen MR) is 115 cm³/mol. The standard InChI is InChI=1S/C20H31N3O2.C2H2O4/c1-25-19-8-4-3-7-17(19)15-21-20(24)16-22-13-9-18(10-14-22)23-11-5-2-6-12-23;3-1(4)2(5)6/h3-4,7-8,18H,2,5-6,9-16H2,1H3,(H,21,24);(H,3,4)(H,5,6). The van der Waals surface area contributed by atoms with Crippen molar-refractivity contribution in [2.24, 2.45) is 0 Å². The minimum Gasteiger partial charge on any atom is -0.496 e. The van der Waals surface area contributed by atoms with Gasteiger partial charge in [-0.25, -0.2) is 9.59 Å². The lowest BCUT2D eigenvalue weighted by molar-refractivity contribution is -0.159. The maximum Gasteiger partial charge on any atom is 0.414 e. The second-order valence-electron chi connectivity index (χ2n) is 7.80. The second kappa shape index (κ2) is 12.9. The number of piperidine rings is 2. The molecule has 2 aliphatic heterocycles. The Morgan fingerprint density at radius 3 is 2.19 bits per heavy atom. The number of nitrogens with zero attached hydrogens (tertiary/aromatic N) is 2. The number of ether oxygens (including phenoxy) is 1. The summed E-state index contributed by atoms with van der Waals surface area (Å²) in [5.74, 6) is -2.72. The number of benzene rings is 1. The lowest BCUT2D eigenvalue weighted by Crippen LogP contribution is -2.48. The van der Waals surface area contributed by atoms with Crippen molar-refractivity contribution >= 4 is 17.8 Å². The van der Waals surface area contributed by atoms with E-state index < -0.39 is 11.9 Å². The van der Waals surface area contributed by atoms with Crippen LogP contribution in [0.4, 0.5) is 0 Å². The fourth-order valence-corrected chi connectivity index (χ4v) is 4.03. The first-order chi connectivity index (χ1) is 14.9. The minimum atomic E-state index is -1.82. The van der Waals surface area contributed by atoms with Gasteiger partial charge in [-0.3, -0.25) is 9.69 Å². The Balaban J connectivity index is 0.000000501.